The molecule has 7 heteroatoms. The van der Waals surface area contributed by atoms with Gasteiger partial charge in [0.1, 0.15) is 0 Å². The molecule has 6 nitrogen and oxygen atoms in total. The molecular formula is C17H21FN4O2. The van der Waals surface area contributed by atoms with Gasteiger partial charge in [-0.15, -0.1) is 0 Å². The maximum Gasteiger partial charge on any atom is 0.264 e. The smallest absolute Gasteiger partial charge is 0.264 e. The molecule has 2 aromatic rings. The lowest BCUT2D eigenvalue weighted by Gasteiger charge is -2.37. The molecule has 1 aliphatic rings. The number of nitrogens with zero attached hydrogens (tertiary/aromatic N) is 4. The van der Waals surface area contributed by atoms with Crippen molar-refractivity contribution in [1.29, 1.82) is 0 Å². The van der Waals surface area contributed by atoms with Crippen LogP contribution in [0.15, 0.2) is 29.0 Å². The van der Waals surface area contributed by atoms with E-state index in [1.165, 1.54) is 0 Å². The van der Waals surface area contributed by atoms with Crippen LogP contribution in [0.4, 0.5) is 4.39 Å². The molecule has 0 aromatic carbocycles. The normalized spacial score (nSPS) is 17.8. The number of pyridine rings is 1. The molecule has 0 aliphatic carbocycles. The number of alkyl halides is 1. The van der Waals surface area contributed by atoms with Gasteiger partial charge in [-0.2, -0.15) is 4.98 Å². The molecule has 0 spiro atoms. The van der Waals surface area contributed by atoms with Crippen molar-refractivity contribution >= 4 is 5.91 Å². The van der Waals surface area contributed by atoms with Crippen LogP contribution in [-0.2, 0) is 10.5 Å². The molecule has 1 saturated heterocycles. The summed E-state index contributed by atoms with van der Waals surface area (Å²) in [6.07, 6.45) is 3.56. The molecule has 0 atom stereocenters. The first-order chi connectivity index (χ1) is 11.3. The van der Waals surface area contributed by atoms with E-state index in [0.29, 0.717) is 18.9 Å². The second-order valence-corrected chi connectivity index (χ2v) is 7.17. The number of hydrogen-bond acceptors (Lipinski definition) is 5. The van der Waals surface area contributed by atoms with Gasteiger partial charge in [0.25, 0.3) is 5.89 Å². The minimum Gasteiger partial charge on any atom is -0.342 e. The summed E-state index contributed by atoms with van der Waals surface area (Å²) in [5.74, 6) is 0.363. The third-order valence-electron chi connectivity index (χ3n) is 4.23. The maximum absolute atomic E-state index is 15.2. The summed E-state index contributed by atoms with van der Waals surface area (Å²) in [5.41, 5.74) is -1.42. The first kappa shape index (κ1) is 16.5. The van der Waals surface area contributed by atoms with Crippen LogP contribution >= 0.6 is 0 Å². The van der Waals surface area contributed by atoms with E-state index in [9.17, 15) is 4.79 Å². The second kappa shape index (κ2) is 5.96. The molecule has 0 bridgehead atoms. The van der Waals surface area contributed by atoms with Gasteiger partial charge in [0.05, 0.1) is 0 Å². The molecule has 24 heavy (non-hydrogen) atoms. The molecule has 3 rings (SSSR count). The summed E-state index contributed by atoms with van der Waals surface area (Å²) < 4.78 is 20.4. The van der Waals surface area contributed by atoms with Crippen LogP contribution in [0.2, 0.25) is 0 Å². The number of rotatable bonds is 2. The summed E-state index contributed by atoms with van der Waals surface area (Å²) in [7, 11) is 0. The van der Waals surface area contributed by atoms with Crippen molar-refractivity contribution in [3.63, 3.8) is 0 Å². The summed E-state index contributed by atoms with van der Waals surface area (Å²) >= 11 is 0. The van der Waals surface area contributed by atoms with Crippen molar-refractivity contribution in [3.05, 3.63) is 30.4 Å². The van der Waals surface area contributed by atoms with E-state index >= 15 is 4.39 Å². The Balaban J connectivity index is 1.73. The molecule has 0 unspecified atom stereocenters. The Kier molecular flexibility index (Phi) is 4.11. The van der Waals surface area contributed by atoms with Gasteiger partial charge in [-0.25, -0.2) is 4.39 Å². The average Bonchev–Trinajstić information content (AvgIpc) is 3.06. The van der Waals surface area contributed by atoms with Crippen molar-refractivity contribution in [2.45, 2.75) is 39.3 Å². The van der Waals surface area contributed by atoms with Gasteiger partial charge in [0.2, 0.25) is 11.7 Å². The van der Waals surface area contributed by atoms with Gasteiger partial charge < -0.3 is 9.42 Å². The average molecular weight is 332 g/mol. The van der Waals surface area contributed by atoms with Crippen molar-refractivity contribution in [2.75, 3.05) is 13.1 Å². The van der Waals surface area contributed by atoms with Crippen LogP contribution in [0.5, 0.6) is 0 Å². The summed E-state index contributed by atoms with van der Waals surface area (Å²) in [5, 5.41) is 3.87. The Morgan fingerprint density at radius 3 is 2.46 bits per heavy atom. The van der Waals surface area contributed by atoms with Gasteiger partial charge in [-0.1, -0.05) is 25.9 Å². The van der Waals surface area contributed by atoms with Crippen molar-refractivity contribution in [1.82, 2.24) is 20.0 Å². The van der Waals surface area contributed by atoms with E-state index < -0.39 is 11.1 Å². The fourth-order valence-corrected chi connectivity index (χ4v) is 2.78. The van der Waals surface area contributed by atoms with Crippen LogP contribution < -0.4 is 0 Å². The largest absolute Gasteiger partial charge is 0.342 e. The predicted molar refractivity (Wildman–Crippen MR) is 85.6 cm³/mol. The Hall–Kier alpha value is -2.31. The Morgan fingerprint density at radius 2 is 1.88 bits per heavy atom. The SMILES string of the molecule is CC(C)(C)C(=O)N1CCC(F)(c2nc(-c3ccncc3)no2)CC1. The van der Waals surface area contributed by atoms with Crippen molar-refractivity contribution in [2.24, 2.45) is 5.41 Å². The first-order valence-corrected chi connectivity index (χ1v) is 8.02. The number of carbonyl (C=O) groups is 1. The molecule has 128 valence electrons. The summed E-state index contributed by atoms with van der Waals surface area (Å²) in [6.45, 7) is 6.29. The number of aromatic nitrogens is 3. The maximum atomic E-state index is 15.2. The zero-order valence-corrected chi connectivity index (χ0v) is 14.1. The van der Waals surface area contributed by atoms with E-state index in [-0.39, 0.29) is 24.6 Å². The van der Waals surface area contributed by atoms with Crippen LogP contribution in [0.1, 0.15) is 39.5 Å². The van der Waals surface area contributed by atoms with Gasteiger partial charge in [0, 0.05) is 49.3 Å². The first-order valence-electron chi connectivity index (χ1n) is 8.02. The summed E-state index contributed by atoms with van der Waals surface area (Å²) in [4.78, 5) is 22.1. The van der Waals surface area contributed by atoms with Gasteiger partial charge in [-0.3, -0.25) is 9.78 Å². The lowest BCUT2D eigenvalue weighted by molar-refractivity contribution is -0.142. The number of halogens is 1. The fraction of sp³-hybridized carbons (Fsp3) is 0.529. The fourth-order valence-electron chi connectivity index (χ4n) is 2.78. The highest BCUT2D eigenvalue weighted by Gasteiger charge is 2.43. The number of likely N-dealkylation sites (tertiary alicyclic amines) is 1. The highest BCUT2D eigenvalue weighted by atomic mass is 19.1. The van der Waals surface area contributed by atoms with Crippen molar-refractivity contribution in [3.8, 4) is 11.4 Å². The second-order valence-electron chi connectivity index (χ2n) is 7.17. The van der Waals surface area contributed by atoms with E-state index in [1.807, 2.05) is 20.8 Å². The Morgan fingerprint density at radius 1 is 1.25 bits per heavy atom. The molecule has 3 heterocycles. The van der Waals surface area contributed by atoms with Gasteiger partial charge in [-0.05, 0) is 12.1 Å². The van der Waals surface area contributed by atoms with Crippen LogP contribution in [0.25, 0.3) is 11.4 Å². The van der Waals surface area contributed by atoms with E-state index in [1.54, 1.807) is 29.4 Å². The monoisotopic (exact) mass is 332 g/mol. The third-order valence-corrected chi connectivity index (χ3v) is 4.23. The van der Waals surface area contributed by atoms with Crippen molar-refractivity contribution < 1.29 is 13.7 Å². The number of amides is 1. The minimum absolute atomic E-state index is 0.0165. The zero-order valence-electron chi connectivity index (χ0n) is 14.1. The van der Waals surface area contributed by atoms with Gasteiger partial charge in [0.15, 0.2) is 5.67 Å². The molecule has 0 radical (unpaired) electrons. The van der Waals surface area contributed by atoms with Crippen LogP contribution in [-0.4, -0.2) is 39.0 Å². The molecule has 0 N–H and O–H groups in total. The number of hydrogen-bond donors (Lipinski definition) is 0. The lowest BCUT2D eigenvalue weighted by atomic mass is 9.89. The molecule has 1 fully saturated rings. The molecule has 1 amide bonds. The van der Waals surface area contributed by atoms with E-state index in [0.717, 1.165) is 5.56 Å². The molecule has 0 saturated carbocycles. The van der Waals surface area contributed by atoms with Gasteiger partial charge >= 0.3 is 0 Å². The predicted octanol–water partition coefficient (Wildman–Crippen LogP) is 2.96. The highest BCUT2D eigenvalue weighted by molar-refractivity contribution is 5.81. The molecule has 2 aromatic heterocycles. The van der Waals surface area contributed by atoms with Crippen LogP contribution in [0, 0.1) is 5.41 Å². The third kappa shape index (κ3) is 3.16. The standard InChI is InChI=1S/C17H21FN4O2/c1-16(2,3)15(23)22-10-6-17(18,7-11-22)14-20-13(21-24-14)12-4-8-19-9-5-12/h4-5,8-9H,6-7,10-11H2,1-3H3. The number of piperidine rings is 1. The molecular weight excluding hydrogens is 311 g/mol. The zero-order chi connectivity index (χ0) is 17.4. The molecule has 1 aliphatic heterocycles. The lowest BCUT2D eigenvalue weighted by Crippen LogP contribution is -2.47. The number of carbonyl (C=O) groups excluding carboxylic acids is 1. The topological polar surface area (TPSA) is 72.1 Å². The van der Waals surface area contributed by atoms with E-state index in [4.69, 9.17) is 4.52 Å². The Labute approximate surface area is 140 Å². The summed E-state index contributed by atoms with van der Waals surface area (Å²) in [6, 6.07) is 3.48. The Bertz CT molecular complexity index is 716. The highest BCUT2D eigenvalue weighted by Crippen LogP contribution is 2.37. The quantitative estimate of drug-likeness (QED) is 0.845. The van der Waals surface area contributed by atoms with Crippen LogP contribution in [0.3, 0.4) is 0 Å². The van der Waals surface area contributed by atoms with E-state index in [2.05, 4.69) is 15.1 Å². The minimum atomic E-state index is -1.69.